The first-order valence-electron chi connectivity index (χ1n) is 9.98. The maximum atomic E-state index is 12.4. The minimum Gasteiger partial charge on any atom is -0.352 e. The molecule has 3 rings (SSSR count). The second-order valence-corrected chi connectivity index (χ2v) is 8.09. The predicted molar refractivity (Wildman–Crippen MR) is 99.1 cm³/mol. The fourth-order valence-electron chi connectivity index (χ4n) is 4.25. The highest BCUT2D eigenvalue weighted by Crippen LogP contribution is 2.41. The Labute approximate surface area is 151 Å². The normalized spacial score (nSPS) is 28.5. The second kappa shape index (κ2) is 8.35. The lowest BCUT2D eigenvalue weighted by Crippen LogP contribution is -2.43. The van der Waals surface area contributed by atoms with E-state index in [0.717, 1.165) is 44.9 Å². The van der Waals surface area contributed by atoms with Gasteiger partial charge in [0.2, 0.25) is 11.8 Å². The van der Waals surface area contributed by atoms with Gasteiger partial charge in [-0.3, -0.25) is 14.5 Å². The molecule has 3 aliphatic rings. The summed E-state index contributed by atoms with van der Waals surface area (Å²) in [6.45, 7) is 8.72. The fourth-order valence-corrected chi connectivity index (χ4v) is 4.25. The van der Waals surface area contributed by atoms with Crippen LogP contribution in [0, 0.1) is 11.8 Å². The number of carbonyl (C=O) groups is 2. The molecule has 0 aromatic heterocycles. The summed E-state index contributed by atoms with van der Waals surface area (Å²) in [5, 5.41) is 3.29. The predicted octanol–water partition coefficient (Wildman–Crippen LogP) is 2.18. The van der Waals surface area contributed by atoms with E-state index in [2.05, 4.69) is 30.1 Å². The van der Waals surface area contributed by atoms with Crippen molar-refractivity contribution in [1.29, 1.82) is 0 Å². The Morgan fingerprint density at radius 3 is 2.76 bits per heavy atom. The van der Waals surface area contributed by atoms with Crippen molar-refractivity contribution >= 4 is 11.8 Å². The lowest BCUT2D eigenvalue weighted by Gasteiger charge is -2.27. The van der Waals surface area contributed by atoms with Gasteiger partial charge in [-0.1, -0.05) is 11.6 Å². The van der Waals surface area contributed by atoms with Gasteiger partial charge in [0.05, 0.1) is 0 Å². The third kappa shape index (κ3) is 5.06. The van der Waals surface area contributed by atoms with Crippen molar-refractivity contribution in [2.45, 2.75) is 58.4 Å². The van der Waals surface area contributed by atoms with Crippen LogP contribution in [0.15, 0.2) is 11.6 Å². The first kappa shape index (κ1) is 18.4. The van der Waals surface area contributed by atoms with Crippen LogP contribution >= 0.6 is 0 Å². The van der Waals surface area contributed by atoms with E-state index in [1.54, 1.807) is 0 Å². The SMILES string of the molecule is C/C=C(\C)CN1C[C@H](NC(=O)CCN2CCCCC2=O)[C@@H](C2CC2)C1. The number of allylic oxidation sites excluding steroid dienone is 1. The number of nitrogens with zero attached hydrogens (tertiary/aromatic N) is 2. The largest absolute Gasteiger partial charge is 0.352 e. The molecular formula is C20H33N3O2. The van der Waals surface area contributed by atoms with Crippen molar-refractivity contribution in [3.8, 4) is 0 Å². The molecule has 0 bridgehead atoms. The van der Waals surface area contributed by atoms with Crippen molar-refractivity contribution in [2.24, 2.45) is 11.8 Å². The lowest BCUT2D eigenvalue weighted by atomic mass is 9.98. The van der Waals surface area contributed by atoms with E-state index in [1.165, 1.54) is 18.4 Å². The van der Waals surface area contributed by atoms with Crippen molar-refractivity contribution < 1.29 is 9.59 Å². The summed E-state index contributed by atoms with van der Waals surface area (Å²) in [6, 6.07) is 0.279. The van der Waals surface area contributed by atoms with Crippen LogP contribution in [0.1, 0.15) is 52.4 Å². The zero-order valence-corrected chi connectivity index (χ0v) is 15.8. The average Bonchev–Trinajstić information content (AvgIpc) is 3.37. The summed E-state index contributed by atoms with van der Waals surface area (Å²) in [5.74, 6) is 1.72. The molecule has 3 fully saturated rings. The van der Waals surface area contributed by atoms with Crippen LogP contribution in [0.5, 0.6) is 0 Å². The number of hydrogen-bond donors (Lipinski definition) is 1. The number of amides is 2. The second-order valence-electron chi connectivity index (χ2n) is 8.09. The molecule has 5 nitrogen and oxygen atoms in total. The summed E-state index contributed by atoms with van der Waals surface area (Å²) in [7, 11) is 0. The Hall–Kier alpha value is -1.36. The number of carbonyl (C=O) groups excluding carboxylic acids is 2. The molecule has 0 radical (unpaired) electrons. The van der Waals surface area contributed by atoms with Gasteiger partial charge >= 0.3 is 0 Å². The third-order valence-corrected chi connectivity index (χ3v) is 6.01. The van der Waals surface area contributed by atoms with Gasteiger partial charge in [-0.05, 0) is 51.4 Å². The van der Waals surface area contributed by atoms with Gasteiger partial charge in [-0.2, -0.15) is 0 Å². The fraction of sp³-hybridized carbons (Fsp3) is 0.800. The summed E-state index contributed by atoms with van der Waals surface area (Å²) in [4.78, 5) is 28.6. The van der Waals surface area contributed by atoms with Gasteiger partial charge in [-0.25, -0.2) is 0 Å². The molecule has 1 saturated carbocycles. The summed E-state index contributed by atoms with van der Waals surface area (Å²) in [6.07, 6.45) is 7.95. The Morgan fingerprint density at radius 2 is 2.08 bits per heavy atom. The average molecular weight is 348 g/mol. The number of piperidine rings is 1. The zero-order valence-electron chi connectivity index (χ0n) is 15.8. The van der Waals surface area contributed by atoms with E-state index < -0.39 is 0 Å². The van der Waals surface area contributed by atoms with Gasteiger partial charge in [0.1, 0.15) is 0 Å². The molecule has 1 N–H and O–H groups in total. The Kier molecular flexibility index (Phi) is 6.15. The van der Waals surface area contributed by atoms with Crippen LogP contribution < -0.4 is 5.32 Å². The summed E-state index contributed by atoms with van der Waals surface area (Å²) in [5.41, 5.74) is 1.39. The Morgan fingerprint density at radius 1 is 1.28 bits per heavy atom. The minimum absolute atomic E-state index is 0.110. The molecular weight excluding hydrogens is 314 g/mol. The summed E-state index contributed by atoms with van der Waals surface area (Å²) < 4.78 is 0. The maximum absolute atomic E-state index is 12.4. The van der Waals surface area contributed by atoms with Crippen molar-refractivity contribution in [2.75, 3.05) is 32.7 Å². The van der Waals surface area contributed by atoms with Crippen LogP contribution in [0.4, 0.5) is 0 Å². The Balaban J connectivity index is 1.47. The van der Waals surface area contributed by atoms with E-state index in [-0.39, 0.29) is 17.9 Å². The molecule has 2 amide bonds. The van der Waals surface area contributed by atoms with Crippen molar-refractivity contribution in [3.05, 3.63) is 11.6 Å². The van der Waals surface area contributed by atoms with Crippen molar-refractivity contribution in [1.82, 2.24) is 15.1 Å². The van der Waals surface area contributed by atoms with Gasteiger partial charge in [0, 0.05) is 51.6 Å². The molecule has 2 atom stereocenters. The van der Waals surface area contributed by atoms with E-state index in [1.807, 2.05) is 4.90 Å². The molecule has 0 spiro atoms. The lowest BCUT2D eigenvalue weighted by molar-refractivity contribution is -0.133. The molecule has 5 heteroatoms. The molecule has 140 valence electrons. The van der Waals surface area contributed by atoms with Gasteiger partial charge < -0.3 is 10.2 Å². The van der Waals surface area contributed by atoms with E-state index >= 15 is 0 Å². The van der Waals surface area contributed by atoms with Crippen LogP contribution in [-0.2, 0) is 9.59 Å². The first-order valence-corrected chi connectivity index (χ1v) is 9.98. The van der Waals surface area contributed by atoms with Crippen LogP contribution in [0.3, 0.4) is 0 Å². The van der Waals surface area contributed by atoms with Gasteiger partial charge in [-0.15, -0.1) is 0 Å². The van der Waals surface area contributed by atoms with E-state index in [4.69, 9.17) is 0 Å². The highest BCUT2D eigenvalue weighted by Gasteiger charge is 2.42. The smallest absolute Gasteiger partial charge is 0.222 e. The van der Waals surface area contributed by atoms with Crippen LogP contribution in [0.2, 0.25) is 0 Å². The number of likely N-dealkylation sites (tertiary alicyclic amines) is 2. The molecule has 2 saturated heterocycles. The number of rotatable bonds is 7. The van der Waals surface area contributed by atoms with Crippen molar-refractivity contribution in [3.63, 3.8) is 0 Å². The highest BCUT2D eigenvalue weighted by molar-refractivity contribution is 5.79. The quantitative estimate of drug-likeness (QED) is 0.718. The standard InChI is InChI=1S/C20H33N3O2/c1-3-15(2)12-22-13-17(16-7-8-16)18(14-22)21-19(24)9-11-23-10-5-4-6-20(23)25/h3,16-18H,4-14H2,1-2H3,(H,21,24)/b15-3+/t17-,18+/m1/s1. The minimum atomic E-state index is 0.110. The third-order valence-electron chi connectivity index (χ3n) is 6.01. The molecule has 0 aromatic rings. The Bertz CT molecular complexity index is 527. The van der Waals surface area contributed by atoms with Gasteiger partial charge in [0.15, 0.2) is 0 Å². The molecule has 0 unspecified atom stereocenters. The molecule has 2 aliphatic heterocycles. The topological polar surface area (TPSA) is 52.7 Å². The van der Waals surface area contributed by atoms with Gasteiger partial charge in [0.25, 0.3) is 0 Å². The molecule has 1 aliphatic carbocycles. The van der Waals surface area contributed by atoms with Crippen LogP contribution in [0.25, 0.3) is 0 Å². The first-order chi connectivity index (χ1) is 12.1. The number of nitrogens with one attached hydrogen (secondary N) is 1. The molecule has 0 aromatic carbocycles. The monoisotopic (exact) mass is 347 g/mol. The summed E-state index contributed by atoms with van der Waals surface area (Å²) >= 11 is 0. The van der Waals surface area contributed by atoms with Crippen LogP contribution in [-0.4, -0.2) is 60.4 Å². The number of hydrogen-bond acceptors (Lipinski definition) is 3. The van der Waals surface area contributed by atoms with E-state index in [0.29, 0.717) is 25.3 Å². The zero-order chi connectivity index (χ0) is 17.8. The van der Waals surface area contributed by atoms with E-state index in [9.17, 15) is 9.59 Å². The molecule has 25 heavy (non-hydrogen) atoms. The maximum Gasteiger partial charge on any atom is 0.222 e. The highest BCUT2D eigenvalue weighted by atomic mass is 16.2. The molecule has 2 heterocycles.